The fourth-order valence-corrected chi connectivity index (χ4v) is 2.07. The van der Waals surface area contributed by atoms with Gasteiger partial charge in [-0.2, -0.15) is 0 Å². The van der Waals surface area contributed by atoms with E-state index >= 15 is 0 Å². The van der Waals surface area contributed by atoms with Crippen LogP contribution in [0, 0.1) is 0 Å². The summed E-state index contributed by atoms with van der Waals surface area (Å²) in [6.07, 6.45) is 14.4. The van der Waals surface area contributed by atoms with E-state index in [4.69, 9.17) is 0 Å². The van der Waals surface area contributed by atoms with Crippen molar-refractivity contribution in [1.82, 2.24) is 0 Å². The number of nitrogens with zero attached hydrogens (tertiary/aromatic N) is 1. The van der Waals surface area contributed by atoms with Crippen LogP contribution in [0.4, 0.5) is 0 Å². The predicted molar refractivity (Wildman–Crippen MR) is 74.7 cm³/mol. The molecule has 0 aromatic rings. The first-order chi connectivity index (χ1) is 7.56. The monoisotopic (exact) mass is 263 g/mol. The molecule has 1 nitrogen and oxygen atoms in total. The molecule has 0 unspecified atom stereocenters. The van der Waals surface area contributed by atoms with E-state index in [9.17, 15) is 0 Å². The van der Waals surface area contributed by atoms with E-state index < -0.39 is 0 Å². The summed E-state index contributed by atoms with van der Waals surface area (Å²) in [6, 6.07) is 0. The summed E-state index contributed by atoms with van der Waals surface area (Å²) in [4.78, 5) is 0. The molecule has 2 heteroatoms. The normalized spacial score (nSPS) is 11.3. The second-order valence-corrected chi connectivity index (χ2v) is 6.20. The molecule has 0 aliphatic heterocycles. The van der Waals surface area contributed by atoms with Crippen molar-refractivity contribution in [2.24, 2.45) is 0 Å². The zero-order chi connectivity index (χ0) is 12.3. The summed E-state index contributed by atoms with van der Waals surface area (Å²) in [6.45, 7) is 3.62. The van der Waals surface area contributed by atoms with E-state index in [1.807, 2.05) is 0 Å². The molecule has 0 aliphatic rings. The second kappa shape index (κ2) is 12.7. The van der Waals surface area contributed by atoms with Crippen LogP contribution < -0.4 is 12.4 Å². The Labute approximate surface area is 116 Å². The van der Waals surface area contributed by atoms with E-state index in [2.05, 4.69) is 28.1 Å². The molecule has 0 aliphatic carbocycles. The maximum absolute atomic E-state index is 2.29. The predicted octanol–water partition coefficient (Wildman–Crippen LogP) is 1.62. The number of unbranched alkanes of at least 4 members (excludes halogenated alkanes) is 9. The van der Waals surface area contributed by atoms with Crippen LogP contribution in [0.2, 0.25) is 0 Å². The highest BCUT2D eigenvalue weighted by molar-refractivity contribution is 4.47. The summed E-state index contributed by atoms with van der Waals surface area (Å²) >= 11 is 0. The number of hydrogen-bond acceptors (Lipinski definition) is 0. The fraction of sp³-hybridized carbons (Fsp3) is 1.00. The Morgan fingerprint density at radius 1 is 0.588 bits per heavy atom. The Hall–Kier alpha value is 0.250. The molecule has 0 bridgehead atoms. The Bertz CT molecular complexity index is 140. The van der Waals surface area contributed by atoms with Gasteiger partial charge in [-0.25, -0.2) is 0 Å². The van der Waals surface area contributed by atoms with Crippen molar-refractivity contribution in [2.75, 3.05) is 27.7 Å². The molecular formula is C15H34ClN. The molecule has 17 heavy (non-hydrogen) atoms. The summed E-state index contributed by atoms with van der Waals surface area (Å²) in [5.74, 6) is 0. The number of hydrogen-bond donors (Lipinski definition) is 0. The highest BCUT2D eigenvalue weighted by Gasteiger charge is 2.04. The van der Waals surface area contributed by atoms with Crippen molar-refractivity contribution in [3.05, 3.63) is 0 Å². The molecule has 0 radical (unpaired) electrons. The summed E-state index contributed by atoms with van der Waals surface area (Å²) in [5, 5.41) is 0. The standard InChI is InChI=1S/C15H34N.ClH/c1-5-6-7-8-9-10-11-12-13-14-15-16(2,3)4;/h5-15H2,1-4H3;1H/q+1;/p-1. The van der Waals surface area contributed by atoms with Gasteiger partial charge >= 0.3 is 0 Å². The van der Waals surface area contributed by atoms with Crippen LogP contribution in [0.15, 0.2) is 0 Å². The van der Waals surface area contributed by atoms with Crippen LogP contribution in [0.3, 0.4) is 0 Å². The summed E-state index contributed by atoms with van der Waals surface area (Å²) in [7, 11) is 6.86. The molecule has 106 valence electrons. The molecule has 0 spiro atoms. The number of quaternary nitrogens is 1. The van der Waals surface area contributed by atoms with E-state index in [-0.39, 0.29) is 12.4 Å². The van der Waals surface area contributed by atoms with Gasteiger partial charge in [0.25, 0.3) is 0 Å². The maximum atomic E-state index is 2.29. The van der Waals surface area contributed by atoms with Crippen LogP contribution in [-0.4, -0.2) is 32.2 Å². The largest absolute Gasteiger partial charge is 1.00 e. The highest BCUT2D eigenvalue weighted by atomic mass is 35.5. The second-order valence-electron chi connectivity index (χ2n) is 6.20. The van der Waals surface area contributed by atoms with Crippen molar-refractivity contribution < 1.29 is 16.9 Å². The minimum absolute atomic E-state index is 0. The topological polar surface area (TPSA) is 0 Å². The quantitative estimate of drug-likeness (QED) is 0.393. The average Bonchev–Trinajstić information content (AvgIpc) is 2.19. The fourth-order valence-electron chi connectivity index (χ4n) is 2.07. The first-order valence-corrected chi connectivity index (χ1v) is 7.36. The molecule has 0 aromatic heterocycles. The van der Waals surface area contributed by atoms with Gasteiger partial charge in [0.05, 0.1) is 27.7 Å². The molecule has 0 saturated heterocycles. The number of halogens is 1. The van der Waals surface area contributed by atoms with Gasteiger partial charge in [-0.05, 0) is 12.8 Å². The summed E-state index contributed by atoms with van der Waals surface area (Å²) in [5.41, 5.74) is 0. The van der Waals surface area contributed by atoms with Gasteiger partial charge in [0.2, 0.25) is 0 Å². The lowest BCUT2D eigenvalue weighted by Crippen LogP contribution is -3.00. The van der Waals surface area contributed by atoms with Crippen LogP contribution in [0.1, 0.15) is 71.1 Å². The highest BCUT2D eigenvalue weighted by Crippen LogP contribution is 2.10. The third kappa shape index (κ3) is 18.8. The van der Waals surface area contributed by atoms with Crippen molar-refractivity contribution in [2.45, 2.75) is 71.1 Å². The smallest absolute Gasteiger partial charge is 0.0780 e. The van der Waals surface area contributed by atoms with Gasteiger partial charge in [-0.15, -0.1) is 0 Å². The van der Waals surface area contributed by atoms with E-state index in [0.717, 1.165) is 4.48 Å². The molecule has 0 heterocycles. The van der Waals surface area contributed by atoms with E-state index in [0.29, 0.717) is 0 Å². The lowest BCUT2D eigenvalue weighted by Gasteiger charge is -2.23. The van der Waals surface area contributed by atoms with Crippen molar-refractivity contribution in [3.8, 4) is 0 Å². The van der Waals surface area contributed by atoms with Crippen molar-refractivity contribution in [1.29, 1.82) is 0 Å². The Balaban J connectivity index is 0. The zero-order valence-electron chi connectivity index (χ0n) is 12.6. The lowest BCUT2D eigenvalue weighted by molar-refractivity contribution is -0.870. The van der Waals surface area contributed by atoms with Gasteiger partial charge in [-0.3, -0.25) is 0 Å². The first kappa shape index (κ1) is 19.6. The molecule has 0 amide bonds. The zero-order valence-corrected chi connectivity index (χ0v) is 13.4. The third-order valence-electron chi connectivity index (χ3n) is 3.18. The van der Waals surface area contributed by atoms with Crippen LogP contribution in [0.5, 0.6) is 0 Å². The summed E-state index contributed by atoms with van der Waals surface area (Å²) < 4.78 is 1.12. The van der Waals surface area contributed by atoms with Crippen LogP contribution in [0.25, 0.3) is 0 Å². The SMILES string of the molecule is CCCCCCCCCCCC[N+](C)(C)C.[Cl-]. The third-order valence-corrected chi connectivity index (χ3v) is 3.18. The van der Waals surface area contributed by atoms with Gasteiger partial charge in [0.15, 0.2) is 0 Å². The maximum Gasteiger partial charge on any atom is 0.0780 e. The minimum atomic E-state index is 0. The average molecular weight is 264 g/mol. The number of rotatable bonds is 11. The molecular weight excluding hydrogens is 230 g/mol. The Kier molecular flexibility index (Phi) is 14.6. The van der Waals surface area contributed by atoms with Crippen molar-refractivity contribution >= 4 is 0 Å². The molecule has 0 aromatic carbocycles. The van der Waals surface area contributed by atoms with Gasteiger partial charge in [-0.1, -0.05) is 58.3 Å². The minimum Gasteiger partial charge on any atom is -1.00 e. The van der Waals surface area contributed by atoms with Crippen molar-refractivity contribution in [3.63, 3.8) is 0 Å². The van der Waals surface area contributed by atoms with E-state index in [1.54, 1.807) is 0 Å². The molecule has 0 N–H and O–H groups in total. The van der Waals surface area contributed by atoms with Crippen LogP contribution in [-0.2, 0) is 0 Å². The van der Waals surface area contributed by atoms with Gasteiger partial charge < -0.3 is 16.9 Å². The Morgan fingerprint density at radius 2 is 0.941 bits per heavy atom. The van der Waals surface area contributed by atoms with E-state index in [1.165, 1.54) is 70.8 Å². The van der Waals surface area contributed by atoms with Gasteiger partial charge in [0.1, 0.15) is 0 Å². The van der Waals surface area contributed by atoms with Crippen LogP contribution >= 0.6 is 0 Å². The Morgan fingerprint density at radius 3 is 1.29 bits per heavy atom. The molecule has 0 saturated carbocycles. The molecule has 0 atom stereocenters. The molecule has 0 rings (SSSR count). The first-order valence-electron chi connectivity index (χ1n) is 7.36. The lowest BCUT2D eigenvalue weighted by atomic mass is 10.1. The van der Waals surface area contributed by atoms with Gasteiger partial charge in [0, 0.05) is 0 Å². The molecule has 0 fully saturated rings.